The lowest BCUT2D eigenvalue weighted by Gasteiger charge is -2.35. The van der Waals surface area contributed by atoms with Crippen molar-refractivity contribution in [3.05, 3.63) is 246 Å². The van der Waals surface area contributed by atoms with Crippen LogP contribution in [0.5, 0.6) is 0 Å². The van der Waals surface area contributed by atoms with Gasteiger partial charge in [0.05, 0.1) is 11.1 Å². The van der Waals surface area contributed by atoms with Gasteiger partial charge in [-0.3, -0.25) is 0 Å². The van der Waals surface area contributed by atoms with E-state index in [0.29, 0.717) is 5.92 Å². The highest BCUT2D eigenvalue weighted by Gasteiger charge is 2.48. The second-order valence-corrected chi connectivity index (χ2v) is 14.4. The Bertz CT molecular complexity index is 2610. The highest BCUT2D eigenvalue weighted by atomic mass is 15.1. The standard InChI is InChI=1S/C53H39N/c1-5-17-38(18-6-1)40-29-33-45(34-30-40)54(46-35-31-41(32-36-46)39-19-7-2-8-20-39)52-47-26-14-13-21-42(47)37-50-51(52)48-27-15-16-28-49(48)53(50,43-22-9-3-10-23-43)44-24-11-4-12-25-44/h1-19,21-37,39H,20H2/t39-/m1/s1. The van der Waals surface area contributed by atoms with Crippen LogP contribution in [-0.4, -0.2) is 0 Å². The molecule has 0 spiro atoms. The molecule has 0 saturated heterocycles. The van der Waals surface area contributed by atoms with Crippen molar-refractivity contribution in [3.63, 3.8) is 0 Å². The van der Waals surface area contributed by atoms with Crippen molar-refractivity contribution in [1.82, 2.24) is 0 Å². The van der Waals surface area contributed by atoms with Crippen LogP contribution in [-0.2, 0) is 5.41 Å². The van der Waals surface area contributed by atoms with Gasteiger partial charge >= 0.3 is 0 Å². The molecule has 0 saturated carbocycles. The molecule has 0 aromatic heterocycles. The molecule has 0 fully saturated rings. The topological polar surface area (TPSA) is 3.24 Å². The average Bonchev–Trinajstić information content (AvgIpc) is 3.56. The molecule has 2 aliphatic carbocycles. The second kappa shape index (κ2) is 13.4. The number of benzene rings is 8. The van der Waals surface area contributed by atoms with Gasteiger partial charge in [0.1, 0.15) is 0 Å². The summed E-state index contributed by atoms with van der Waals surface area (Å²) in [5.74, 6) is 0.383. The first-order valence-corrected chi connectivity index (χ1v) is 19.0. The fourth-order valence-electron chi connectivity index (χ4n) is 9.01. The van der Waals surface area contributed by atoms with E-state index in [1.165, 1.54) is 66.5 Å². The Morgan fingerprint density at radius 2 is 1.06 bits per heavy atom. The van der Waals surface area contributed by atoms with Gasteiger partial charge < -0.3 is 4.90 Å². The van der Waals surface area contributed by atoms with Crippen molar-refractivity contribution in [1.29, 1.82) is 0 Å². The molecule has 0 N–H and O–H groups in total. The minimum Gasteiger partial charge on any atom is -0.309 e. The average molecular weight is 690 g/mol. The van der Waals surface area contributed by atoms with E-state index in [0.717, 1.165) is 17.8 Å². The van der Waals surface area contributed by atoms with Crippen molar-refractivity contribution in [2.45, 2.75) is 17.8 Å². The van der Waals surface area contributed by atoms with Crippen LogP contribution in [0.15, 0.2) is 218 Å². The Balaban J connectivity index is 1.29. The molecular weight excluding hydrogens is 651 g/mol. The molecule has 2 aliphatic rings. The van der Waals surface area contributed by atoms with Crippen molar-refractivity contribution in [2.24, 2.45) is 0 Å². The molecule has 0 heterocycles. The Labute approximate surface area is 317 Å². The number of anilines is 3. The fourth-order valence-corrected chi connectivity index (χ4v) is 9.01. The van der Waals surface area contributed by atoms with Gasteiger partial charge in [-0.15, -0.1) is 0 Å². The summed E-state index contributed by atoms with van der Waals surface area (Å²) >= 11 is 0. The Morgan fingerprint density at radius 3 is 1.72 bits per heavy atom. The van der Waals surface area contributed by atoms with E-state index >= 15 is 0 Å². The van der Waals surface area contributed by atoms with Crippen LogP contribution in [0.3, 0.4) is 0 Å². The van der Waals surface area contributed by atoms with Crippen LogP contribution < -0.4 is 4.90 Å². The van der Waals surface area contributed by atoms with Gasteiger partial charge in [0.25, 0.3) is 0 Å². The van der Waals surface area contributed by atoms with E-state index in [4.69, 9.17) is 0 Å². The van der Waals surface area contributed by atoms with E-state index in [9.17, 15) is 0 Å². The number of allylic oxidation sites excluding steroid dienone is 4. The minimum atomic E-state index is -0.513. The number of fused-ring (bicyclic) bond motifs is 4. The van der Waals surface area contributed by atoms with E-state index < -0.39 is 5.41 Å². The number of hydrogen-bond acceptors (Lipinski definition) is 1. The maximum absolute atomic E-state index is 2.51. The molecule has 0 aliphatic heterocycles. The van der Waals surface area contributed by atoms with Gasteiger partial charge in [-0.2, -0.15) is 0 Å². The zero-order valence-corrected chi connectivity index (χ0v) is 30.0. The third-order valence-corrected chi connectivity index (χ3v) is 11.5. The van der Waals surface area contributed by atoms with Gasteiger partial charge in [-0.1, -0.05) is 188 Å². The van der Waals surface area contributed by atoms with Gasteiger partial charge in [0, 0.05) is 28.2 Å². The molecule has 10 rings (SSSR count). The van der Waals surface area contributed by atoms with Crippen molar-refractivity contribution in [3.8, 4) is 22.3 Å². The highest BCUT2D eigenvalue weighted by Crippen LogP contribution is 2.61. The zero-order chi connectivity index (χ0) is 35.9. The summed E-state index contributed by atoms with van der Waals surface area (Å²) < 4.78 is 0. The molecule has 0 amide bonds. The van der Waals surface area contributed by atoms with Crippen molar-refractivity contribution in [2.75, 3.05) is 4.90 Å². The third kappa shape index (κ3) is 5.16. The molecule has 1 heteroatoms. The number of nitrogens with zero attached hydrogens (tertiary/aromatic N) is 1. The largest absolute Gasteiger partial charge is 0.309 e. The Hall–Kier alpha value is -6.70. The molecule has 1 nitrogen and oxygen atoms in total. The summed E-state index contributed by atoms with van der Waals surface area (Å²) in [6.07, 6.45) is 9.92. The van der Waals surface area contributed by atoms with Crippen LogP contribution in [0.2, 0.25) is 0 Å². The first kappa shape index (κ1) is 32.0. The SMILES string of the molecule is C1=CC[C@H](c2ccc(N(c3ccc(-c4ccccc4)cc3)c3c4c(cc5ccccc35)C(c3ccccc3)(c3ccccc3)c3ccccc3-4)cc2)C=C1. The summed E-state index contributed by atoms with van der Waals surface area (Å²) in [4.78, 5) is 2.51. The first-order valence-electron chi connectivity index (χ1n) is 19.0. The monoisotopic (exact) mass is 689 g/mol. The summed E-state index contributed by atoms with van der Waals surface area (Å²) in [5.41, 5.74) is 14.4. The van der Waals surface area contributed by atoms with Gasteiger partial charge in [0.15, 0.2) is 0 Å². The summed E-state index contributed by atoms with van der Waals surface area (Å²) in [6, 6.07) is 71.8. The second-order valence-electron chi connectivity index (χ2n) is 14.4. The lowest BCUT2D eigenvalue weighted by atomic mass is 9.67. The van der Waals surface area contributed by atoms with Gasteiger partial charge in [-0.05, 0) is 86.6 Å². The molecule has 8 aromatic rings. The van der Waals surface area contributed by atoms with Crippen LogP contribution in [0.1, 0.15) is 40.2 Å². The van der Waals surface area contributed by atoms with Gasteiger partial charge in [0.2, 0.25) is 0 Å². The van der Waals surface area contributed by atoms with Crippen molar-refractivity contribution < 1.29 is 0 Å². The number of rotatable bonds is 7. The fraction of sp³-hybridized carbons (Fsp3) is 0.0566. The molecule has 256 valence electrons. The minimum absolute atomic E-state index is 0.383. The first-order chi connectivity index (χ1) is 26.8. The maximum atomic E-state index is 2.51. The van der Waals surface area contributed by atoms with Crippen LogP contribution in [0.4, 0.5) is 17.1 Å². The summed E-state index contributed by atoms with van der Waals surface area (Å²) in [5, 5.41) is 2.44. The van der Waals surface area contributed by atoms with E-state index in [-0.39, 0.29) is 0 Å². The van der Waals surface area contributed by atoms with Crippen molar-refractivity contribution >= 4 is 27.8 Å². The van der Waals surface area contributed by atoms with Crippen LogP contribution >= 0.6 is 0 Å². The molecule has 0 radical (unpaired) electrons. The molecule has 0 bridgehead atoms. The molecule has 8 aromatic carbocycles. The van der Waals surface area contributed by atoms with E-state index in [1.54, 1.807) is 0 Å². The quantitative estimate of drug-likeness (QED) is 0.161. The smallest absolute Gasteiger partial charge is 0.0714 e. The Morgan fingerprint density at radius 1 is 0.481 bits per heavy atom. The van der Waals surface area contributed by atoms with Crippen LogP contribution in [0.25, 0.3) is 33.0 Å². The normalized spacial score (nSPS) is 15.1. The van der Waals surface area contributed by atoms with Crippen LogP contribution in [0, 0.1) is 0 Å². The molecule has 0 unspecified atom stereocenters. The molecule has 1 atom stereocenters. The summed E-state index contributed by atoms with van der Waals surface area (Å²) in [6.45, 7) is 0. The predicted molar refractivity (Wildman–Crippen MR) is 227 cm³/mol. The molecule has 54 heavy (non-hydrogen) atoms. The lowest BCUT2D eigenvalue weighted by Crippen LogP contribution is -2.28. The van der Waals surface area contributed by atoms with E-state index in [2.05, 4.69) is 223 Å². The Kier molecular flexibility index (Phi) is 7.92. The van der Waals surface area contributed by atoms with E-state index in [1.807, 2.05) is 0 Å². The zero-order valence-electron chi connectivity index (χ0n) is 30.0. The highest BCUT2D eigenvalue weighted by molar-refractivity contribution is 6.10. The third-order valence-electron chi connectivity index (χ3n) is 11.5. The van der Waals surface area contributed by atoms with Gasteiger partial charge in [-0.25, -0.2) is 0 Å². The lowest BCUT2D eigenvalue weighted by molar-refractivity contribution is 0.769. The molecular formula is C53H39N. The summed E-state index contributed by atoms with van der Waals surface area (Å²) in [7, 11) is 0. The predicted octanol–water partition coefficient (Wildman–Crippen LogP) is 13.9. The maximum Gasteiger partial charge on any atom is 0.0714 e. The number of hydrogen-bond donors (Lipinski definition) is 0.